The van der Waals surface area contributed by atoms with Crippen molar-refractivity contribution in [2.75, 3.05) is 0 Å². The number of imide groups is 1. The fourth-order valence-corrected chi connectivity index (χ4v) is 4.46. The number of carbonyl (C=O) groups is 3. The van der Waals surface area contributed by atoms with Gasteiger partial charge in [0.15, 0.2) is 5.82 Å². The highest BCUT2D eigenvalue weighted by Gasteiger charge is 2.49. The van der Waals surface area contributed by atoms with E-state index in [1.165, 1.54) is 0 Å². The minimum Gasteiger partial charge on any atom is -0.444 e. The van der Waals surface area contributed by atoms with E-state index in [0.29, 0.717) is 6.08 Å². The second kappa shape index (κ2) is 11.8. The summed E-state index contributed by atoms with van der Waals surface area (Å²) in [5, 5.41) is 14.4. The molecule has 2 fully saturated rings. The number of amides is 3. The number of allylic oxidation sites excluding steroid dienone is 1. The summed E-state index contributed by atoms with van der Waals surface area (Å²) in [6.45, 7) is 3.30. The van der Waals surface area contributed by atoms with Crippen molar-refractivity contribution in [2.24, 2.45) is 23.5 Å². The van der Waals surface area contributed by atoms with Gasteiger partial charge in [0.2, 0.25) is 12.3 Å². The first-order valence-electron chi connectivity index (χ1n) is 12.5. The molecule has 16 heteroatoms. The van der Waals surface area contributed by atoms with E-state index < -0.39 is 72.6 Å². The second-order valence-corrected chi connectivity index (χ2v) is 10.9. The molecule has 1 aromatic rings. The van der Waals surface area contributed by atoms with Gasteiger partial charge in [-0.25, -0.2) is 18.3 Å². The number of nitrogens with two attached hydrogens (primary N) is 1. The minimum atomic E-state index is -4.75. The molecule has 39 heavy (non-hydrogen) atoms. The molecule has 0 aliphatic heterocycles. The molecule has 2 aliphatic carbocycles. The number of alkyl halides is 5. The van der Waals surface area contributed by atoms with Crippen molar-refractivity contribution in [3.05, 3.63) is 17.6 Å². The molecule has 1 aromatic heterocycles. The molecular weight excluding hydrogens is 533 g/mol. The number of carbonyl (C=O) groups excluding carboxylic acids is 3. The van der Waals surface area contributed by atoms with E-state index in [2.05, 4.69) is 26.2 Å². The van der Waals surface area contributed by atoms with Crippen LogP contribution in [0.2, 0.25) is 0 Å². The summed E-state index contributed by atoms with van der Waals surface area (Å²) in [5.74, 6) is -4.08. The third-order valence-electron chi connectivity index (χ3n) is 6.23. The number of aromatic nitrogens is 4. The van der Waals surface area contributed by atoms with Crippen LogP contribution in [0.25, 0.3) is 0 Å². The molecule has 1 unspecified atom stereocenters. The molecule has 11 nitrogen and oxygen atoms in total. The normalized spacial score (nSPS) is 18.2. The van der Waals surface area contributed by atoms with Crippen molar-refractivity contribution >= 4 is 17.9 Å². The van der Waals surface area contributed by atoms with Crippen molar-refractivity contribution in [1.82, 2.24) is 30.8 Å². The van der Waals surface area contributed by atoms with Crippen LogP contribution in [0.5, 0.6) is 0 Å². The van der Waals surface area contributed by atoms with E-state index in [-0.39, 0.29) is 22.4 Å². The number of halogens is 5. The molecule has 3 amide bonds. The van der Waals surface area contributed by atoms with Crippen LogP contribution in [-0.2, 0) is 20.9 Å². The van der Waals surface area contributed by atoms with E-state index in [0.717, 1.165) is 25.7 Å². The zero-order valence-electron chi connectivity index (χ0n) is 21.7. The molecule has 0 saturated heterocycles. The predicted molar refractivity (Wildman–Crippen MR) is 125 cm³/mol. The molecule has 2 saturated carbocycles. The van der Waals surface area contributed by atoms with Crippen LogP contribution in [0.1, 0.15) is 64.6 Å². The summed E-state index contributed by atoms with van der Waals surface area (Å²) in [6.07, 6.45) is -5.60. The summed E-state index contributed by atoms with van der Waals surface area (Å²) in [4.78, 5) is 38.3. The van der Waals surface area contributed by atoms with Gasteiger partial charge in [-0.1, -0.05) is 0 Å². The Hall–Kier alpha value is -3.33. The van der Waals surface area contributed by atoms with Crippen LogP contribution in [0.4, 0.5) is 26.7 Å². The monoisotopic (exact) mass is 565 g/mol. The standard InChI is InChI=1S/C23H32F5N7O4/c1-22(2,3)39-21(38)31-18(17(11-4-5-11)12-6-7-12)20(37)30-16(36)9-14(29)13(8-15(24)25)19-32-33-34-35(19)10-23(26,27)28/h9,11-13,15,17-18H,4-8,10,29H2,1-3H3,(H,31,38)(H,30,36,37)/b14-9-/t13?,18-/m0/s1. The van der Waals surface area contributed by atoms with Crippen molar-refractivity contribution in [1.29, 1.82) is 0 Å². The number of hydrogen-bond acceptors (Lipinski definition) is 8. The third kappa shape index (κ3) is 9.42. The molecule has 0 spiro atoms. The Morgan fingerprint density at radius 3 is 2.21 bits per heavy atom. The highest BCUT2D eigenvalue weighted by Crippen LogP contribution is 2.50. The quantitative estimate of drug-likeness (QED) is 0.273. The van der Waals surface area contributed by atoms with E-state index in [1.807, 2.05) is 0 Å². The smallest absolute Gasteiger partial charge is 0.408 e. The van der Waals surface area contributed by atoms with Gasteiger partial charge in [-0.05, 0) is 74.6 Å². The number of alkyl carbamates (subject to hydrolysis) is 1. The summed E-state index contributed by atoms with van der Waals surface area (Å²) in [6, 6.07) is -1.10. The maximum atomic E-state index is 13.3. The maximum absolute atomic E-state index is 13.3. The number of nitrogens with one attached hydrogen (secondary N) is 2. The van der Waals surface area contributed by atoms with Gasteiger partial charge in [0.05, 0.1) is 5.92 Å². The van der Waals surface area contributed by atoms with Gasteiger partial charge in [-0.3, -0.25) is 14.9 Å². The van der Waals surface area contributed by atoms with Crippen LogP contribution in [-0.4, -0.2) is 62.4 Å². The molecule has 3 rings (SSSR count). The maximum Gasteiger partial charge on any atom is 0.408 e. The molecule has 1 heterocycles. The first kappa shape index (κ1) is 30.2. The summed E-state index contributed by atoms with van der Waals surface area (Å²) >= 11 is 0. The predicted octanol–water partition coefficient (Wildman–Crippen LogP) is 2.79. The number of rotatable bonds is 11. The average molecular weight is 566 g/mol. The lowest BCUT2D eigenvalue weighted by Crippen LogP contribution is -2.54. The van der Waals surface area contributed by atoms with Crippen LogP contribution in [0.3, 0.4) is 0 Å². The Morgan fingerprint density at radius 2 is 1.72 bits per heavy atom. The molecule has 0 aromatic carbocycles. The zero-order chi connectivity index (χ0) is 29.1. The number of hydrogen-bond donors (Lipinski definition) is 3. The van der Waals surface area contributed by atoms with Gasteiger partial charge in [0, 0.05) is 18.2 Å². The van der Waals surface area contributed by atoms with Gasteiger partial charge in [-0.2, -0.15) is 13.2 Å². The highest BCUT2D eigenvalue weighted by molar-refractivity contribution is 6.03. The Labute approximate surface area is 221 Å². The molecular formula is C23H32F5N7O4. The van der Waals surface area contributed by atoms with Gasteiger partial charge in [0.1, 0.15) is 18.2 Å². The summed E-state index contributed by atoms with van der Waals surface area (Å²) < 4.78 is 70.7. The lowest BCUT2D eigenvalue weighted by Gasteiger charge is -2.28. The Kier molecular flexibility index (Phi) is 9.16. The van der Waals surface area contributed by atoms with Crippen molar-refractivity contribution in [3.8, 4) is 0 Å². The Balaban J connectivity index is 1.78. The van der Waals surface area contributed by atoms with Gasteiger partial charge >= 0.3 is 12.3 Å². The van der Waals surface area contributed by atoms with Crippen molar-refractivity contribution in [2.45, 2.75) is 89.6 Å². The first-order chi connectivity index (χ1) is 18.0. The van der Waals surface area contributed by atoms with Crippen molar-refractivity contribution < 1.29 is 41.1 Å². The van der Waals surface area contributed by atoms with Gasteiger partial charge in [0.25, 0.3) is 5.91 Å². The fourth-order valence-electron chi connectivity index (χ4n) is 4.46. The molecule has 0 radical (unpaired) electrons. The van der Waals surface area contributed by atoms with Crippen LogP contribution in [0.15, 0.2) is 11.8 Å². The van der Waals surface area contributed by atoms with E-state index in [1.54, 1.807) is 20.8 Å². The van der Waals surface area contributed by atoms with Gasteiger partial charge in [-0.15, -0.1) is 5.10 Å². The Bertz CT molecular complexity index is 1070. The van der Waals surface area contributed by atoms with Crippen LogP contribution in [0, 0.1) is 17.8 Å². The molecule has 0 bridgehead atoms. The molecule has 4 N–H and O–H groups in total. The first-order valence-corrected chi connectivity index (χ1v) is 12.5. The van der Waals surface area contributed by atoms with E-state index in [4.69, 9.17) is 10.5 Å². The lowest BCUT2D eigenvalue weighted by molar-refractivity contribution is -0.143. The summed E-state index contributed by atoms with van der Waals surface area (Å²) in [7, 11) is 0. The largest absolute Gasteiger partial charge is 0.444 e. The number of nitrogens with zero attached hydrogens (tertiary/aromatic N) is 4. The number of ether oxygens (including phenoxy) is 1. The fraction of sp³-hybridized carbons (Fsp3) is 0.739. The Morgan fingerprint density at radius 1 is 1.13 bits per heavy atom. The molecule has 2 aliphatic rings. The van der Waals surface area contributed by atoms with Crippen LogP contribution < -0.4 is 16.4 Å². The van der Waals surface area contributed by atoms with E-state index >= 15 is 0 Å². The van der Waals surface area contributed by atoms with Crippen LogP contribution >= 0.6 is 0 Å². The summed E-state index contributed by atoms with van der Waals surface area (Å²) in [5.41, 5.74) is 4.43. The third-order valence-corrected chi connectivity index (χ3v) is 6.23. The van der Waals surface area contributed by atoms with Gasteiger partial charge < -0.3 is 15.8 Å². The van der Waals surface area contributed by atoms with E-state index in [9.17, 15) is 36.3 Å². The SMILES string of the molecule is CC(C)(C)OC(=O)N[C@H](C(=O)NC(=O)/C=C(\N)C(CC(F)F)c1nnnn1CC(F)(F)F)C(C1CC1)C1CC1. The zero-order valence-corrected chi connectivity index (χ0v) is 21.7. The average Bonchev–Trinajstić information content (AvgIpc) is 3.69. The molecule has 218 valence electrons. The topological polar surface area (TPSA) is 154 Å². The number of tetrazole rings is 1. The highest BCUT2D eigenvalue weighted by atomic mass is 19.4. The second-order valence-electron chi connectivity index (χ2n) is 10.9. The van der Waals surface area contributed by atoms with Crippen molar-refractivity contribution in [3.63, 3.8) is 0 Å². The lowest BCUT2D eigenvalue weighted by atomic mass is 9.88. The molecule has 2 atom stereocenters. The minimum absolute atomic E-state index is 0.182.